The van der Waals surface area contributed by atoms with Crippen LogP contribution < -0.4 is 10.1 Å². The Hall–Kier alpha value is -2.30. The van der Waals surface area contributed by atoms with Gasteiger partial charge in [-0.2, -0.15) is 0 Å². The Morgan fingerprint density at radius 3 is 2.79 bits per heavy atom. The lowest BCUT2D eigenvalue weighted by atomic mass is 9.99. The van der Waals surface area contributed by atoms with E-state index in [0.717, 1.165) is 22.8 Å². The Morgan fingerprint density at radius 1 is 1.17 bits per heavy atom. The van der Waals surface area contributed by atoms with Gasteiger partial charge in [0.15, 0.2) is 0 Å². The molecule has 3 aromatic rings. The van der Waals surface area contributed by atoms with Crippen LogP contribution in [0.2, 0.25) is 10.0 Å². The number of fused-ring (bicyclic) bond motifs is 3. The van der Waals surface area contributed by atoms with E-state index in [0.29, 0.717) is 10.6 Å². The van der Waals surface area contributed by atoms with Gasteiger partial charge in [-0.05, 0) is 36.4 Å². The molecule has 122 valence electrons. The van der Waals surface area contributed by atoms with Gasteiger partial charge in [-0.3, -0.25) is 0 Å². The highest BCUT2D eigenvalue weighted by molar-refractivity contribution is 6.35. The Kier molecular flexibility index (Phi) is 3.59. The second-order valence-electron chi connectivity index (χ2n) is 5.59. The minimum atomic E-state index is -0.282. The van der Waals surface area contributed by atoms with E-state index in [9.17, 15) is 5.11 Å². The number of hydrogen-bond acceptors (Lipinski definition) is 3. The van der Waals surface area contributed by atoms with Gasteiger partial charge in [-0.15, -0.1) is 0 Å². The molecule has 2 heterocycles. The van der Waals surface area contributed by atoms with E-state index in [1.54, 1.807) is 13.2 Å². The Balaban J connectivity index is 1.90. The summed E-state index contributed by atoms with van der Waals surface area (Å²) in [6.45, 7) is 0. The number of hydrogen-bond donors (Lipinski definition) is 2. The maximum absolute atomic E-state index is 10.4. The molecule has 4 rings (SSSR count). The molecule has 6 heteroatoms. The first-order valence-electron chi connectivity index (χ1n) is 7.38. The van der Waals surface area contributed by atoms with Crippen LogP contribution in [0, 0.1) is 0 Å². The number of phenolic OH excluding ortho intramolecular Hbond substituents is 1. The first-order valence-corrected chi connectivity index (χ1v) is 8.14. The zero-order valence-electron chi connectivity index (χ0n) is 12.8. The lowest BCUT2D eigenvalue weighted by Gasteiger charge is -2.30. The normalized spacial score (nSPS) is 15.4. The van der Waals surface area contributed by atoms with Crippen LogP contribution in [0.1, 0.15) is 17.3 Å². The summed E-state index contributed by atoms with van der Waals surface area (Å²) < 4.78 is 7.39. The third-order valence-corrected chi connectivity index (χ3v) is 4.71. The lowest BCUT2D eigenvalue weighted by molar-refractivity contribution is 0.415. The van der Waals surface area contributed by atoms with Gasteiger partial charge in [0.1, 0.15) is 11.5 Å². The van der Waals surface area contributed by atoms with Crippen molar-refractivity contribution in [2.24, 2.45) is 0 Å². The highest BCUT2D eigenvalue weighted by Crippen LogP contribution is 2.43. The molecule has 0 saturated carbocycles. The number of aromatic nitrogens is 1. The predicted molar refractivity (Wildman–Crippen MR) is 95.9 cm³/mol. The molecule has 0 spiro atoms. The summed E-state index contributed by atoms with van der Waals surface area (Å²) in [5.74, 6) is 0.779. The van der Waals surface area contributed by atoms with Crippen LogP contribution in [0.25, 0.3) is 5.69 Å². The van der Waals surface area contributed by atoms with E-state index in [4.69, 9.17) is 27.9 Å². The molecule has 0 saturated heterocycles. The number of nitrogens with zero attached hydrogens (tertiary/aromatic N) is 1. The summed E-state index contributed by atoms with van der Waals surface area (Å²) in [5, 5.41) is 14.6. The largest absolute Gasteiger partial charge is 0.506 e. The molecule has 0 radical (unpaired) electrons. The molecular weight excluding hydrogens is 347 g/mol. The highest BCUT2D eigenvalue weighted by atomic mass is 35.5. The minimum Gasteiger partial charge on any atom is -0.506 e. The van der Waals surface area contributed by atoms with Crippen molar-refractivity contribution in [1.82, 2.24) is 4.57 Å². The first-order chi connectivity index (χ1) is 11.6. The molecule has 0 amide bonds. The smallest absolute Gasteiger partial charge is 0.139 e. The van der Waals surface area contributed by atoms with Crippen LogP contribution in [-0.4, -0.2) is 16.8 Å². The van der Waals surface area contributed by atoms with Crippen molar-refractivity contribution < 1.29 is 9.84 Å². The Labute approximate surface area is 149 Å². The van der Waals surface area contributed by atoms with Crippen LogP contribution in [-0.2, 0) is 0 Å². The summed E-state index contributed by atoms with van der Waals surface area (Å²) in [4.78, 5) is 0. The maximum atomic E-state index is 10.4. The van der Waals surface area contributed by atoms with Gasteiger partial charge >= 0.3 is 0 Å². The second kappa shape index (κ2) is 5.65. The maximum Gasteiger partial charge on any atom is 0.139 e. The number of methoxy groups -OCH3 is 1. The second-order valence-corrected chi connectivity index (χ2v) is 6.43. The number of phenols is 1. The molecule has 0 unspecified atom stereocenters. The zero-order valence-corrected chi connectivity index (χ0v) is 14.3. The highest BCUT2D eigenvalue weighted by Gasteiger charge is 2.28. The summed E-state index contributed by atoms with van der Waals surface area (Å²) >= 11 is 12.2. The number of rotatable bonds is 2. The first kappa shape index (κ1) is 15.2. The summed E-state index contributed by atoms with van der Waals surface area (Å²) in [7, 11) is 1.63. The number of benzene rings is 2. The van der Waals surface area contributed by atoms with Crippen molar-refractivity contribution >= 4 is 28.9 Å². The standard InChI is InChI=1S/C18H14Cl2N2O2/c1-24-11-4-5-15-14(9-11)21-17(16-3-2-6-22(15)16)12-7-10(19)8-13(20)18(12)23/h2-9,17,21,23H,1H3/t17-/m1/s1. The molecule has 1 atom stereocenters. The van der Waals surface area contributed by atoms with E-state index in [1.807, 2.05) is 36.5 Å². The van der Waals surface area contributed by atoms with Crippen molar-refractivity contribution in [3.63, 3.8) is 0 Å². The van der Waals surface area contributed by atoms with Gasteiger partial charge < -0.3 is 19.7 Å². The molecule has 2 N–H and O–H groups in total. The Bertz CT molecular complexity index is 937. The fourth-order valence-corrected chi connectivity index (χ4v) is 3.60. The molecule has 0 bridgehead atoms. The van der Waals surface area contributed by atoms with E-state index < -0.39 is 0 Å². The van der Waals surface area contributed by atoms with Gasteiger partial charge in [0.2, 0.25) is 0 Å². The third-order valence-electron chi connectivity index (χ3n) is 4.21. The van der Waals surface area contributed by atoms with Gasteiger partial charge in [-0.25, -0.2) is 0 Å². The van der Waals surface area contributed by atoms with Crippen molar-refractivity contribution in [2.75, 3.05) is 12.4 Å². The van der Waals surface area contributed by atoms with Crippen LogP contribution in [0.5, 0.6) is 11.5 Å². The Morgan fingerprint density at radius 2 is 2.00 bits per heavy atom. The lowest BCUT2D eigenvalue weighted by Crippen LogP contribution is -2.22. The number of aromatic hydroxyl groups is 1. The quantitative estimate of drug-likeness (QED) is 0.674. The van der Waals surface area contributed by atoms with Crippen LogP contribution in [0.4, 0.5) is 5.69 Å². The number of anilines is 1. The van der Waals surface area contributed by atoms with Crippen molar-refractivity contribution in [2.45, 2.75) is 6.04 Å². The van der Waals surface area contributed by atoms with Gasteiger partial charge in [-0.1, -0.05) is 23.2 Å². The average molecular weight is 361 g/mol. The SMILES string of the molecule is COc1ccc2c(c1)N[C@H](c1cc(Cl)cc(Cl)c1O)c1cccn1-2. The van der Waals surface area contributed by atoms with Crippen molar-refractivity contribution in [3.05, 3.63) is 70.0 Å². The third kappa shape index (κ3) is 2.30. The molecule has 1 aliphatic heterocycles. The molecule has 1 aliphatic rings. The molecule has 0 aliphatic carbocycles. The van der Waals surface area contributed by atoms with E-state index in [2.05, 4.69) is 9.88 Å². The molecule has 1 aromatic heterocycles. The van der Waals surface area contributed by atoms with Crippen molar-refractivity contribution in [3.8, 4) is 17.2 Å². The fraction of sp³-hybridized carbons (Fsp3) is 0.111. The van der Waals surface area contributed by atoms with Crippen molar-refractivity contribution in [1.29, 1.82) is 0 Å². The van der Waals surface area contributed by atoms with E-state index >= 15 is 0 Å². The minimum absolute atomic E-state index is 0.0256. The molecule has 2 aromatic carbocycles. The predicted octanol–water partition coefficient (Wildman–Crippen LogP) is 5.01. The van der Waals surface area contributed by atoms with Gasteiger partial charge in [0, 0.05) is 28.5 Å². The van der Waals surface area contributed by atoms with Gasteiger partial charge in [0.05, 0.1) is 29.5 Å². The summed E-state index contributed by atoms with van der Waals surface area (Å²) in [6.07, 6.45) is 1.98. The molecule has 0 fully saturated rings. The van der Waals surface area contributed by atoms with Gasteiger partial charge in [0.25, 0.3) is 0 Å². The van der Waals surface area contributed by atoms with Crippen LogP contribution >= 0.6 is 23.2 Å². The van der Waals surface area contributed by atoms with Crippen LogP contribution in [0.15, 0.2) is 48.7 Å². The number of halogens is 2. The number of nitrogens with one attached hydrogen (secondary N) is 1. The molecular formula is C18H14Cl2N2O2. The van der Waals surface area contributed by atoms with E-state index in [-0.39, 0.29) is 16.8 Å². The van der Waals surface area contributed by atoms with E-state index in [1.165, 1.54) is 6.07 Å². The molecule has 4 nitrogen and oxygen atoms in total. The summed E-state index contributed by atoms with van der Waals surface area (Å²) in [5.41, 5.74) is 3.53. The van der Waals surface area contributed by atoms with Crippen LogP contribution in [0.3, 0.4) is 0 Å². The molecule has 24 heavy (non-hydrogen) atoms. The summed E-state index contributed by atoms with van der Waals surface area (Å²) in [6, 6.07) is 12.8. The average Bonchev–Trinajstić information content (AvgIpc) is 3.06. The topological polar surface area (TPSA) is 46.4 Å². The number of ether oxygens (including phenoxy) is 1. The zero-order chi connectivity index (χ0) is 16.8. The fourth-order valence-electron chi connectivity index (χ4n) is 3.09. The monoisotopic (exact) mass is 360 g/mol.